The molecule has 19 heavy (non-hydrogen) atoms. The SMILES string of the molecule is CO[Si](CCCNC(=O)CNC(=O)CN)(OC)OC. The third kappa shape index (κ3) is 7.23. The van der Waals surface area contributed by atoms with E-state index in [0.717, 1.165) is 0 Å². The summed E-state index contributed by atoms with van der Waals surface area (Å²) in [5.74, 6) is -0.624. The van der Waals surface area contributed by atoms with E-state index in [9.17, 15) is 9.59 Å². The fourth-order valence-electron chi connectivity index (χ4n) is 1.40. The lowest BCUT2D eigenvalue weighted by atomic mass is 10.4. The first-order valence-corrected chi connectivity index (χ1v) is 7.85. The molecule has 2 amide bonds. The number of nitrogens with one attached hydrogen (secondary N) is 2. The first-order chi connectivity index (χ1) is 9.03. The van der Waals surface area contributed by atoms with E-state index in [0.29, 0.717) is 19.0 Å². The van der Waals surface area contributed by atoms with Gasteiger partial charge in [0.05, 0.1) is 13.1 Å². The number of hydrogen-bond donors (Lipinski definition) is 3. The van der Waals surface area contributed by atoms with E-state index in [1.54, 1.807) is 21.3 Å². The normalized spacial score (nSPS) is 11.2. The zero-order valence-corrected chi connectivity index (χ0v) is 12.7. The van der Waals surface area contributed by atoms with Crippen LogP contribution < -0.4 is 16.4 Å². The van der Waals surface area contributed by atoms with Crippen LogP contribution in [0, 0.1) is 0 Å². The van der Waals surface area contributed by atoms with Crippen LogP contribution in [0.3, 0.4) is 0 Å². The van der Waals surface area contributed by atoms with Gasteiger partial charge in [0.15, 0.2) is 0 Å². The Morgan fingerprint density at radius 3 is 2.11 bits per heavy atom. The van der Waals surface area contributed by atoms with Crippen molar-refractivity contribution in [3.05, 3.63) is 0 Å². The van der Waals surface area contributed by atoms with Crippen LogP contribution in [0.2, 0.25) is 6.04 Å². The van der Waals surface area contributed by atoms with Crippen LogP contribution in [0.5, 0.6) is 0 Å². The Balaban J connectivity index is 3.79. The lowest BCUT2D eigenvalue weighted by molar-refractivity contribution is -0.125. The Labute approximate surface area is 114 Å². The number of hydrogen-bond acceptors (Lipinski definition) is 6. The van der Waals surface area contributed by atoms with E-state index in [1.807, 2.05) is 0 Å². The largest absolute Gasteiger partial charge is 0.500 e. The number of carbonyl (C=O) groups excluding carboxylic acids is 2. The molecule has 0 heterocycles. The second-order valence-corrected chi connectivity index (χ2v) is 6.82. The number of nitrogens with two attached hydrogens (primary N) is 1. The Morgan fingerprint density at radius 1 is 1.05 bits per heavy atom. The third-order valence-corrected chi connectivity index (χ3v) is 5.38. The molecule has 0 bridgehead atoms. The summed E-state index contributed by atoms with van der Waals surface area (Å²) >= 11 is 0. The highest BCUT2D eigenvalue weighted by Crippen LogP contribution is 2.14. The smallest absolute Gasteiger partial charge is 0.377 e. The van der Waals surface area contributed by atoms with Crippen molar-refractivity contribution in [2.45, 2.75) is 12.5 Å². The zero-order valence-electron chi connectivity index (χ0n) is 11.7. The van der Waals surface area contributed by atoms with Crippen molar-refractivity contribution in [3.8, 4) is 0 Å². The lowest BCUT2D eigenvalue weighted by Gasteiger charge is -2.24. The van der Waals surface area contributed by atoms with Crippen LogP contribution >= 0.6 is 0 Å². The molecule has 0 aliphatic carbocycles. The van der Waals surface area contributed by atoms with E-state index in [2.05, 4.69) is 10.6 Å². The summed E-state index contributed by atoms with van der Waals surface area (Å²) in [5.41, 5.74) is 5.09. The summed E-state index contributed by atoms with van der Waals surface area (Å²) < 4.78 is 15.7. The van der Waals surface area contributed by atoms with E-state index in [4.69, 9.17) is 19.0 Å². The van der Waals surface area contributed by atoms with Gasteiger partial charge in [-0.2, -0.15) is 0 Å². The molecule has 0 fully saturated rings. The first-order valence-electron chi connectivity index (χ1n) is 5.92. The standard InChI is InChI=1S/C10H23N3O5Si/c1-16-19(17-2,18-3)6-4-5-12-10(15)8-13-9(14)7-11/h4-8,11H2,1-3H3,(H,12,15)(H,13,14). The molecule has 9 heteroatoms. The number of amides is 2. The maximum absolute atomic E-state index is 11.3. The Morgan fingerprint density at radius 2 is 1.63 bits per heavy atom. The molecule has 0 saturated carbocycles. The van der Waals surface area contributed by atoms with Gasteiger partial charge in [-0.3, -0.25) is 9.59 Å². The number of rotatable bonds is 10. The molecular formula is C10H23N3O5Si. The highest BCUT2D eigenvalue weighted by atomic mass is 28.4. The van der Waals surface area contributed by atoms with Crippen LogP contribution in [0.25, 0.3) is 0 Å². The molecule has 0 spiro atoms. The Bertz CT molecular complexity index is 278. The molecule has 0 aromatic rings. The average molecular weight is 293 g/mol. The molecule has 0 aromatic heterocycles. The highest BCUT2D eigenvalue weighted by molar-refractivity contribution is 6.60. The van der Waals surface area contributed by atoms with Crippen molar-refractivity contribution in [1.82, 2.24) is 10.6 Å². The molecule has 0 unspecified atom stereocenters. The second kappa shape index (κ2) is 9.87. The fraction of sp³-hybridized carbons (Fsp3) is 0.800. The van der Waals surface area contributed by atoms with Crippen molar-refractivity contribution in [2.24, 2.45) is 5.73 Å². The monoisotopic (exact) mass is 293 g/mol. The molecular weight excluding hydrogens is 270 g/mol. The second-order valence-electron chi connectivity index (χ2n) is 3.73. The average Bonchev–Trinajstić information content (AvgIpc) is 2.45. The Kier molecular flexibility index (Phi) is 9.34. The summed E-state index contributed by atoms with van der Waals surface area (Å²) in [7, 11) is 2.06. The maximum atomic E-state index is 11.3. The molecule has 112 valence electrons. The van der Waals surface area contributed by atoms with Gasteiger partial charge < -0.3 is 29.6 Å². The summed E-state index contributed by atoms with van der Waals surface area (Å²) in [6.45, 7) is 0.260. The van der Waals surface area contributed by atoms with Gasteiger partial charge in [0.1, 0.15) is 0 Å². The third-order valence-electron chi connectivity index (χ3n) is 2.55. The van der Waals surface area contributed by atoms with Gasteiger partial charge in [0.25, 0.3) is 0 Å². The van der Waals surface area contributed by atoms with Crippen molar-refractivity contribution in [2.75, 3.05) is 41.0 Å². The Hall–Kier alpha value is -1.00. The van der Waals surface area contributed by atoms with E-state index in [-0.39, 0.29) is 24.9 Å². The number of carbonyl (C=O) groups is 2. The summed E-state index contributed by atoms with van der Waals surface area (Å²) in [6, 6.07) is 0.603. The molecule has 0 saturated heterocycles. The predicted octanol–water partition coefficient (Wildman–Crippen LogP) is -1.55. The van der Waals surface area contributed by atoms with Gasteiger partial charge in [-0.15, -0.1) is 0 Å². The van der Waals surface area contributed by atoms with Crippen LogP contribution in [-0.2, 0) is 22.9 Å². The van der Waals surface area contributed by atoms with Crippen molar-refractivity contribution in [1.29, 1.82) is 0 Å². The molecule has 0 aliphatic heterocycles. The molecule has 0 radical (unpaired) electrons. The van der Waals surface area contributed by atoms with Gasteiger partial charge in [0.2, 0.25) is 11.8 Å². The van der Waals surface area contributed by atoms with Crippen LogP contribution in [0.4, 0.5) is 0 Å². The van der Waals surface area contributed by atoms with Crippen molar-refractivity contribution in [3.63, 3.8) is 0 Å². The van der Waals surface area contributed by atoms with Crippen molar-refractivity contribution < 1.29 is 22.9 Å². The van der Waals surface area contributed by atoms with E-state index < -0.39 is 8.80 Å². The lowest BCUT2D eigenvalue weighted by Crippen LogP contribution is -2.44. The summed E-state index contributed by atoms with van der Waals surface area (Å²) in [4.78, 5) is 22.2. The predicted molar refractivity (Wildman–Crippen MR) is 71.3 cm³/mol. The first kappa shape index (κ1) is 18.0. The maximum Gasteiger partial charge on any atom is 0.500 e. The van der Waals surface area contributed by atoms with Crippen LogP contribution in [0.1, 0.15) is 6.42 Å². The molecule has 4 N–H and O–H groups in total. The molecule has 0 aromatic carbocycles. The van der Waals surface area contributed by atoms with Gasteiger partial charge in [-0.1, -0.05) is 0 Å². The molecule has 8 nitrogen and oxygen atoms in total. The minimum atomic E-state index is -2.57. The molecule has 0 aliphatic rings. The fourth-order valence-corrected chi connectivity index (χ4v) is 3.12. The quantitative estimate of drug-likeness (QED) is 0.332. The van der Waals surface area contributed by atoms with E-state index >= 15 is 0 Å². The summed E-state index contributed by atoms with van der Waals surface area (Å²) in [5, 5.41) is 5.05. The topological polar surface area (TPSA) is 112 Å². The van der Waals surface area contributed by atoms with Crippen LogP contribution in [-0.4, -0.2) is 61.6 Å². The highest BCUT2D eigenvalue weighted by Gasteiger charge is 2.36. The van der Waals surface area contributed by atoms with Crippen LogP contribution in [0.15, 0.2) is 0 Å². The minimum absolute atomic E-state index is 0.0720. The summed E-state index contributed by atoms with van der Waals surface area (Å²) in [6.07, 6.45) is 0.665. The molecule has 0 rings (SSSR count). The van der Waals surface area contributed by atoms with Gasteiger partial charge >= 0.3 is 8.80 Å². The van der Waals surface area contributed by atoms with Gasteiger partial charge in [-0.25, -0.2) is 0 Å². The molecule has 0 atom stereocenters. The zero-order chi connectivity index (χ0) is 14.7. The van der Waals surface area contributed by atoms with E-state index in [1.165, 1.54) is 0 Å². The van der Waals surface area contributed by atoms with Gasteiger partial charge in [-0.05, 0) is 6.42 Å². The minimum Gasteiger partial charge on any atom is -0.377 e. The van der Waals surface area contributed by atoms with Gasteiger partial charge in [0, 0.05) is 33.9 Å². The van der Waals surface area contributed by atoms with Crippen molar-refractivity contribution >= 4 is 20.6 Å².